The summed E-state index contributed by atoms with van der Waals surface area (Å²) in [6.07, 6.45) is 8.85. The molecule has 0 atom stereocenters. The van der Waals surface area contributed by atoms with Crippen LogP contribution >= 0.6 is 0 Å². The number of benzene rings is 2. The average Bonchev–Trinajstić information content (AvgIpc) is 3.18. The Kier molecular flexibility index (Phi) is 5.79. The van der Waals surface area contributed by atoms with E-state index in [1.54, 1.807) is 12.1 Å². The van der Waals surface area contributed by atoms with E-state index in [1.807, 2.05) is 12.3 Å². The Labute approximate surface area is 191 Å². The Morgan fingerprint density at radius 3 is 2.85 bits per heavy atom. The number of halogens is 2. The first-order valence-electron chi connectivity index (χ1n) is 11.3. The normalized spacial score (nSPS) is 15.4. The first kappa shape index (κ1) is 21.5. The van der Waals surface area contributed by atoms with Gasteiger partial charge < -0.3 is 19.4 Å². The van der Waals surface area contributed by atoms with Crippen LogP contribution < -0.4 is 4.74 Å². The zero-order valence-electron chi connectivity index (χ0n) is 18.5. The van der Waals surface area contributed by atoms with Gasteiger partial charge in [-0.1, -0.05) is 0 Å². The van der Waals surface area contributed by atoms with E-state index in [-0.39, 0.29) is 18.2 Å². The van der Waals surface area contributed by atoms with Crippen molar-refractivity contribution in [3.63, 3.8) is 0 Å². The lowest BCUT2D eigenvalue weighted by atomic mass is 9.90. The van der Waals surface area contributed by atoms with Gasteiger partial charge in [0.15, 0.2) is 11.6 Å². The molecule has 1 fully saturated rings. The highest BCUT2D eigenvalue weighted by molar-refractivity contribution is 5.95. The summed E-state index contributed by atoms with van der Waals surface area (Å²) in [4.78, 5) is 17.8. The zero-order valence-corrected chi connectivity index (χ0v) is 18.5. The van der Waals surface area contributed by atoms with Crippen molar-refractivity contribution in [3.05, 3.63) is 70.6 Å². The number of fused-ring (bicyclic) bond motifs is 2. The fourth-order valence-corrected chi connectivity index (χ4v) is 4.73. The number of esters is 1. The van der Waals surface area contributed by atoms with Crippen LogP contribution in [0.15, 0.2) is 42.2 Å². The molecule has 0 spiro atoms. The first-order chi connectivity index (χ1) is 16.0. The molecule has 0 saturated heterocycles. The number of aromatic amines is 1. The topological polar surface area (TPSA) is 54.6 Å². The molecule has 7 heteroatoms. The molecular weight excluding hydrogens is 426 g/mol. The van der Waals surface area contributed by atoms with E-state index in [4.69, 9.17) is 9.47 Å². The van der Waals surface area contributed by atoms with Crippen LogP contribution in [0.1, 0.15) is 47.2 Å². The minimum atomic E-state index is -0.519. The Hall–Kier alpha value is -3.35. The summed E-state index contributed by atoms with van der Waals surface area (Å²) in [5.41, 5.74) is 3.68. The molecule has 0 amide bonds. The maximum absolute atomic E-state index is 14.3. The fraction of sp³-hybridized carbons (Fsp3) is 0.346. The predicted molar refractivity (Wildman–Crippen MR) is 122 cm³/mol. The van der Waals surface area contributed by atoms with Gasteiger partial charge in [-0.25, -0.2) is 13.6 Å². The van der Waals surface area contributed by atoms with Gasteiger partial charge in [0.25, 0.3) is 0 Å². The van der Waals surface area contributed by atoms with Gasteiger partial charge in [0.05, 0.1) is 18.4 Å². The van der Waals surface area contributed by atoms with Crippen molar-refractivity contribution < 1.29 is 23.0 Å². The molecule has 0 bridgehead atoms. The second-order valence-corrected chi connectivity index (χ2v) is 8.64. The number of aromatic nitrogens is 1. The lowest BCUT2D eigenvalue weighted by Gasteiger charge is -2.41. The van der Waals surface area contributed by atoms with E-state index >= 15 is 0 Å². The summed E-state index contributed by atoms with van der Waals surface area (Å²) in [5, 5.41) is 0.914. The van der Waals surface area contributed by atoms with Crippen LogP contribution in [0.5, 0.6) is 5.75 Å². The molecule has 2 heterocycles. The van der Waals surface area contributed by atoms with Crippen molar-refractivity contribution in [2.75, 3.05) is 20.3 Å². The number of nitrogens with one attached hydrogen (secondary N) is 1. The van der Waals surface area contributed by atoms with Crippen LogP contribution in [0.3, 0.4) is 0 Å². The monoisotopic (exact) mass is 452 g/mol. The average molecular weight is 453 g/mol. The molecule has 3 aromatic rings. The summed E-state index contributed by atoms with van der Waals surface area (Å²) < 4.78 is 38.7. The van der Waals surface area contributed by atoms with Gasteiger partial charge in [0.2, 0.25) is 0 Å². The highest BCUT2D eigenvalue weighted by Gasteiger charge is 2.30. The smallest absolute Gasteiger partial charge is 0.338 e. The van der Waals surface area contributed by atoms with Crippen LogP contribution in [-0.2, 0) is 11.2 Å². The molecule has 1 aliphatic carbocycles. The summed E-state index contributed by atoms with van der Waals surface area (Å²) in [6.45, 7) is 1.05. The molecule has 172 valence electrons. The van der Waals surface area contributed by atoms with Gasteiger partial charge in [-0.3, -0.25) is 0 Å². The highest BCUT2D eigenvalue weighted by atomic mass is 19.1. The molecule has 2 aliphatic rings. The number of methoxy groups -OCH3 is 1. The molecule has 5 rings (SSSR count). The number of hydrogen-bond acceptors (Lipinski definition) is 4. The fourth-order valence-electron chi connectivity index (χ4n) is 4.73. The molecule has 33 heavy (non-hydrogen) atoms. The van der Waals surface area contributed by atoms with Gasteiger partial charge in [0.1, 0.15) is 12.4 Å². The van der Waals surface area contributed by atoms with Crippen molar-refractivity contribution in [2.24, 2.45) is 0 Å². The molecule has 1 aromatic heterocycles. The summed E-state index contributed by atoms with van der Waals surface area (Å²) in [5.74, 6) is -1.16. The van der Waals surface area contributed by atoms with Crippen molar-refractivity contribution in [3.8, 4) is 5.75 Å². The Balaban J connectivity index is 1.38. The molecule has 2 aromatic carbocycles. The summed E-state index contributed by atoms with van der Waals surface area (Å²) >= 11 is 0. The predicted octanol–water partition coefficient (Wildman–Crippen LogP) is 5.45. The largest absolute Gasteiger partial charge is 0.484 e. The molecule has 0 radical (unpaired) electrons. The van der Waals surface area contributed by atoms with Crippen LogP contribution in [0, 0.1) is 11.6 Å². The third-order valence-corrected chi connectivity index (χ3v) is 6.69. The van der Waals surface area contributed by atoms with E-state index in [0.717, 1.165) is 54.4 Å². The highest BCUT2D eigenvalue weighted by Crippen LogP contribution is 2.36. The number of carbonyl (C=O) groups is 1. The molecule has 1 aliphatic heterocycles. The van der Waals surface area contributed by atoms with E-state index in [2.05, 4.69) is 9.88 Å². The van der Waals surface area contributed by atoms with Gasteiger partial charge >= 0.3 is 5.97 Å². The number of nitrogens with zero attached hydrogens (tertiary/aromatic N) is 1. The van der Waals surface area contributed by atoms with Gasteiger partial charge in [-0.05, 0) is 74.1 Å². The van der Waals surface area contributed by atoms with E-state index in [1.165, 1.54) is 31.7 Å². The van der Waals surface area contributed by atoms with Crippen LogP contribution in [0.4, 0.5) is 8.78 Å². The zero-order chi connectivity index (χ0) is 22.9. The van der Waals surface area contributed by atoms with Crippen molar-refractivity contribution in [2.45, 2.75) is 38.1 Å². The maximum atomic E-state index is 14.3. The Morgan fingerprint density at radius 1 is 1.24 bits per heavy atom. The lowest BCUT2D eigenvalue weighted by Crippen LogP contribution is -2.42. The molecular formula is C26H26F2N2O3. The molecule has 5 nitrogen and oxygen atoms in total. The minimum Gasteiger partial charge on any atom is -0.484 e. The first-order valence-corrected chi connectivity index (χ1v) is 11.3. The van der Waals surface area contributed by atoms with Crippen LogP contribution in [0.2, 0.25) is 0 Å². The van der Waals surface area contributed by atoms with Crippen molar-refractivity contribution in [1.82, 2.24) is 9.88 Å². The standard InChI is InChI=1S/C26H26F2N2O3/c1-32-26(31)20-8-9-23(28)25-22(20)13-19(15-33-25)30(18-5-2-6-18)11-3-4-16-14-29-24-10-7-17(27)12-21(16)24/h7-10,12-14,18,29H,2-6,11,15H2,1H3. The summed E-state index contributed by atoms with van der Waals surface area (Å²) in [6, 6.07) is 7.86. The second-order valence-electron chi connectivity index (χ2n) is 8.64. The number of H-pyrrole nitrogens is 1. The van der Waals surface area contributed by atoms with Crippen LogP contribution in [-0.4, -0.2) is 42.2 Å². The third-order valence-electron chi connectivity index (χ3n) is 6.69. The van der Waals surface area contributed by atoms with E-state index < -0.39 is 11.8 Å². The van der Waals surface area contributed by atoms with Gasteiger partial charge in [0, 0.05) is 35.2 Å². The van der Waals surface area contributed by atoms with Crippen LogP contribution in [0.25, 0.3) is 17.0 Å². The number of hydrogen-bond donors (Lipinski definition) is 1. The number of aryl methyl sites for hydroxylation is 1. The minimum absolute atomic E-state index is 0.0935. The molecule has 0 unspecified atom stereocenters. The second kappa shape index (κ2) is 8.89. The number of ether oxygens (including phenoxy) is 2. The Bertz CT molecular complexity index is 1230. The molecule has 1 saturated carbocycles. The SMILES string of the molecule is COC(=O)c1ccc(F)c2c1C=C(N(CCCc1c[nH]c3ccc(F)cc13)C1CCC1)CO2. The van der Waals surface area contributed by atoms with Gasteiger partial charge in [-0.2, -0.15) is 0 Å². The quantitative estimate of drug-likeness (QED) is 0.484. The number of rotatable bonds is 7. The maximum Gasteiger partial charge on any atom is 0.338 e. The Morgan fingerprint density at radius 2 is 2.09 bits per heavy atom. The van der Waals surface area contributed by atoms with E-state index in [0.29, 0.717) is 17.2 Å². The van der Waals surface area contributed by atoms with Gasteiger partial charge in [-0.15, -0.1) is 0 Å². The van der Waals surface area contributed by atoms with E-state index in [9.17, 15) is 13.6 Å². The summed E-state index contributed by atoms with van der Waals surface area (Å²) in [7, 11) is 1.31. The van der Waals surface area contributed by atoms with Crippen molar-refractivity contribution in [1.29, 1.82) is 0 Å². The van der Waals surface area contributed by atoms with Crippen molar-refractivity contribution >= 4 is 22.9 Å². The number of carbonyl (C=O) groups excluding carboxylic acids is 1. The molecule has 1 N–H and O–H groups in total. The lowest BCUT2D eigenvalue weighted by molar-refractivity contribution is 0.0599. The third kappa shape index (κ3) is 4.08.